The minimum Gasteiger partial charge on any atom is -0.481 e. The fourth-order valence-electron chi connectivity index (χ4n) is 1.76. The number of likely N-dealkylation sites (tertiary alicyclic amines) is 1. The van der Waals surface area contributed by atoms with Crippen molar-refractivity contribution in [3.05, 3.63) is 0 Å². The summed E-state index contributed by atoms with van der Waals surface area (Å²) in [5.74, 6) is -2.01. The summed E-state index contributed by atoms with van der Waals surface area (Å²) in [4.78, 5) is 34.8. The van der Waals surface area contributed by atoms with Gasteiger partial charge < -0.3 is 5.11 Å². The van der Waals surface area contributed by atoms with Crippen LogP contribution in [0.3, 0.4) is 0 Å². The van der Waals surface area contributed by atoms with E-state index < -0.39 is 11.9 Å². The molecule has 0 saturated carbocycles. The Hall–Kier alpha value is -1.39. The molecule has 1 saturated heterocycles. The summed E-state index contributed by atoms with van der Waals surface area (Å²) in [5.41, 5.74) is 0. The predicted molar refractivity (Wildman–Crippen MR) is 52.0 cm³/mol. The highest BCUT2D eigenvalue weighted by Crippen LogP contribution is 2.22. The van der Waals surface area contributed by atoms with E-state index in [2.05, 4.69) is 0 Å². The van der Waals surface area contributed by atoms with Gasteiger partial charge in [0.15, 0.2) is 0 Å². The monoisotopic (exact) mass is 213 g/mol. The molecule has 1 N–H and O–H groups in total. The van der Waals surface area contributed by atoms with Gasteiger partial charge in [-0.2, -0.15) is 0 Å². The number of hydrogen-bond acceptors (Lipinski definition) is 3. The van der Waals surface area contributed by atoms with Crippen LogP contribution in [0.15, 0.2) is 0 Å². The van der Waals surface area contributed by atoms with Crippen LogP contribution in [0.1, 0.15) is 32.6 Å². The van der Waals surface area contributed by atoms with Crippen LogP contribution in [0, 0.1) is 5.92 Å². The SMILES string of the molecule is CCCN1C(=O)CCC(CC(=O)O)C1=O. The van der Waals surface area contributed by atoms with Gasteiger partial charge in [-0.05, 0) is 12.8 Å². The minimum absolute atomic E-state index is 0.174. The van der Waals surface area contributed by atoms with Crippen LogP contribution in [0.4, 0.5) is 0 Å². The maximum absolute atomic E-state index is 11.7. The van der Waals surface area contributed by atoms with E-state index in [0.717, 1.165) is 0 Å². The number of imide groups is 1. The molecule has 2 amide bonds. The van der Waals surface area contributed by atoms with Gasteiger partial charge in [0, 0.05) is 18.9 Å². The first kappa shape index (κ1) is 11.7. The molecule has 1 aliphatic heterocycles. The smallest absolute Gasteiger partial charge is 0.304 e. The largest absolute Gasteiger partial charge is 0.481 e. The molecule has 1 rings (SSSR count). The van der Waals surface area contributed by atoms with E-state index in [-0.39, 0.29) is 24.7 Å². The molecule has 0 spiro atoms. The van der Waals surface area contributed by atoms with Gasteiger partial charge in [-0.15, -0.1) is 0 Å². The summed E-state index contributed by atoms with van der Waals surface area (Å²) in [6.45, 7) is 2.27. The van der Waals surface area contributed by atoms with E-state index in [1.54, 1.807) is 0 Å². The summed E-state index contributed by atoms with van der Waals surface area (Å²) >= 11 is 0. The Morgan fingerprint density at radius 1 is 1.53 bits per heavy atom. The summed E-state index contributed by atoms with van der Waals surface area (Å²) < 4.78 is 0. The van der Waals surface area contributed by atoms with Crippen LogP contribution >= 0.6 is 0 Å². The molecule has 0 aliphatic carbocycles. The van der Waals surface area contributed by atoms with Crippen LogP contribution in [0.25, 0.3) is 0 Å². The number of carbonyl (C=O) groups is 3. The van der Waals surface area contributed by atoms with Gasteiger partial charge >= 0.3 is 5.97 Å². The fraction of sp³-hybridized carbons (Fsp3) is 0.700. The second-order valence-corrected chi connectivity index (χ2v) is 3.72. The number of amides is 2. The molecular weight excluding hydrogens is 198 g/mol. The van der Waals surface area contributed by atoms with Crippen molar-refractivity contribution in [1.82, 2.24) is 4.90 Å². The molecule has 0 aromatic carbocycles. The number of carboxylic acid groups (broad SMARTS) is 1. The van der Waals surface area contributed by atoms with Crippen LogP contribution < -0.4 is 0 Å². The summed E-state index contributed by atoms with van der Waals surface area (Å²) in [6.07, 6.45) is 1.18. The molecule has 0 bridgehead atoms. The normalized spacial score (nSPS) is 21.9. The molecular formula is C10H15NO4. The topological polar surface area (TPSA) is 74.7 Å². The van der Waals surface area contributed by atoms with Crippen molar-refractivity contribution in [3.63, 3.8) is 0 Å². The molecule has 0 radical (unpaired) electrons. The fourth-order valence-corrected chi connectivity index (χ4v) is 1.76. The Kier molecular flexibility index (Phi) is 3.82. The summed E-state index contributed by atoms with van der Waals surface area (Å²) in [6, 6.07) is 0. The van der Waals surface area contributed by atoms with Crippen LogP contribution in [-0.4, -0.2) is 34.3 Å². The Morgan fingerprint density at radius 3 is 2.73 bits per heavy atom. The van der Waals surface area contributed by atoms with Crippen molar-refractivity contribution < 1.29 is 19.5 Å². The van der Waals surface area contributed by atoms with Gasteiger partial charge in [-0.25, -0.2) is 0 Å². The quantitative estimate of drug-likeness (QED) is 0.695. The number of hydrogen-bond donors (Lipinski definition) is 1. The van der Waals surface area contributed by atoms with Crippen molar-refractivity contribution in [2.24, 2.45) is 5.92 Å². The molecule has 5 heteroatoms. The van der Waals surface area contributed by atoms with Gasteiger partial charge in [0.25, 0.3) is 0 Å². The van der Waals surface area contributed by atoms with Gasteiger partial charge in [-0.1, -0.05) is 6.92 Å². The number of piperidine rings is 1. The summed E-state index contributed by atoms with van der Waals surface area (Å²) in [7, 11) is 0. The lowest BCUT2D eigenvalue weighted by Crippen LogP contribution is -2.45. The molecule has 0 aromatic heterocycles. The Morgan fingerprint density at radius 2 is 2.20 bits per heavy atom. The standard InChI is InChI=1S/C10H15NO4/c1-2-5-11-8(12)4-3-7(10(11)15)6-9(13)14/h7H,2-6H2,1H3,(H,13,14). The van der Waals surface area contributed by atoms with Crippen LogP contribution in [0.5, 0.6) is 0 Å². The molecule has 5 nitrogen and oxygen atoms in total. The van der Waals surface area contributed by atoms with Gasteiger partial charge in [-0.3, -0.25) is 19.3 Å². The lowest BCUT2D eigenvalue weighted by Gasteiger charge is -2.29. The third-order valence-electron chi connectivity index (χ3n) is 2.49. The average Bonchev–Trinajstić information content (AvgIpc) is 2.16. The maximum atomic E-state index is 11.7. The molecule has 0 aromatic rings. The van der Waals surface area contributed by atoms with E-state index in [1.807, 2.05) is 6.92 Å². The minimum atomic E-state index is -0.987. The van der Waals surface area contributed by atoms with Crippen LogP contribution in [-0.2, 0) is 14.4 Å². The average molecular weight is 213 g/mol. The highest BCUT2D eigenvalue weighted by molar-refractivity contribution is 5.99. The first-order valence-electron chi connectivity index (χ1n) is 5.12. The number of nitrogens with zero attached hydrogens (tertiary/aromatic N) is 1. The zero-order chi connectivity index (χ0) is 11.4. The van der Waals surface area contributed by atoms with E-state index in [0.29, 0.717) is 19.4 Å². The van der Waals surface area contributed by atoms with Crippen molar-refractivity contribution >= 4 is 17.8 Å². The number of aliphatic carboxylic acids is 1. The predicted octanol–water partition coefficient (Wildman–Crippen LogP) is 0.636. The third kappa shape index (κ3) is 2.78. The van der Waals surface area contributed by atoms with Crippen molar-refractivity contribution in [3.8, 4) is 0 Å². The number of carbonyl (C=O) groups excluding carboxylic acids is 2. The molecule has 15 heavy (non-hydrogen) atoms. The van der Waals surface area contributed by atoms with Crippen LogP contribution in [0.2, 0.25) is 0 Å². The van der Waals surface area contributed by atoms with Gasteiger partial charge in [0.2, 0.25) is 11.8 Å². The lowest BCUT2D eigenvalue weighted by atomic mass is 9.93. The van der Waals surface area contributed by atoms with E-state index >= 15 is 0 Å². The van der Waals surface area contributed by atoms with Crippen molar-refractivity contribution in [1.29, 1.82) is 0 Å². The van der Waals surface area contributed by atoms with E-state index in [4.69, 9.17) is 5.11 Å². The number of rotatable bonds is 4. The Balaban J connectivity index is 2.67. The number of carboxylic acids is 1. The molecule has 1 atom stereocenters. The zero-order valence-corrected chi connectivity index (χ0v) is 8.73. The first-order valence-corrected chi connectivity index (χ1v) is 5.12. The molecule has 1 aliphatic rings. The molecule has 1 unspecified atom stereocenters. The molecule has 84 valence electrons. The highest BCUT2D eigenvalue weighted by atomic mass is 16.4. The summed E-state index contributed by atoms with van der Waals surface area (Å²) in [5, 5.41) is 8.61. The van der Waals surface area contributed by atoms with Gasteiger partial charge in [0.05, 0.1) is 6.42 Å². The Bertz CT molecular complexity index is 287. The van der Waals surface area contributed by atoms with Gasteiger partial charge in [0.1, 0.15) is 0 Å². The molecule has 1 fully saturated rings. The highest BCUT2D eigenvalue weighted by Gasteiger charge is 2.34. The second-order valence-electron chi connectivity index (χ2n) is 3.72. The van der Waals surface area contributed by atoms with Crippen molar-refractivity contribution in [2.45, 2.75) is 32.6 Å². The second kappa shape index (κ2) is 4.91. The first-order chi connectivity index (χ1) is 7.06. The maximum Gasteiger partial charge on any atom is 0.304 e. The van der Waals surface area contributed by atoms with E-state index in [9.17, 15) is 14.4 Å². The zero-order valence-electron chi connectivity index (χ0n) is 8.73. The Labute approximate surface area is 88.1 Å². The molecule has 1 heterocycles. The lowest BCUT2D eigenvalue weighted by molar-refractivity contribution is -0.155. The van der Waals surface area contributed by atoms with Crippen molar-refractivity contribution in [2.75, 3.05) is 6.54 Å². The third-order valence-corrected chi connectivity index (χ3v) is 2.49. The van der Waals surface area contributed by atoms with E-state index in [1.165, 1.54) is 4.90 Å².